The highest BCUT2D eigenvalue weighted by molar-refractivity contribution is 6.24. The number of carbonyl (C=O) groups excluding carboxylic acids is 1. The fourth-order valence-electron chi connectivity index (χ4n) is 5.58. The molecular formula is C37H32FN3O6. The van der Waals surface area contributed by atoms with Gasteiger partial charge in [-0.1, -0.05) is 36.4 Å². The first-order valence-electron chi connectivity index (χ1n) is 14.7. The van der Waals surface area contributed by atoms with E-state index in [-0.39, 0.29) is 23.7 Å². The second kappa shape index (κ2) is 13.1. The van der Waals surface area contributed by atoms with Crippen molar-refractivity contribution >= 4 is 39.4 Å². The van der Waals surface area contributed by atoms with Crippen molar-refractivity contribution in [2.75, 3.05) is 28.4 Å². The number of nitrogens with one attached hydrogen (secondary N) is 2. The van der Waals surface area contributed by atoms with E-state index in [4.69, 9.17) is 23.9 Å². The number of pyridine rings is 1. The Morgan fingerprint density at radius 3 is 2.28 bits per heavy atom. The Balaban J connectivity index is 1.42. The van der Waals surface area contributed by atoms with Crippen LogP contribution < -0.4 is 24.3 Å². The van der Waals surface area contributed by atoms with Gasteiger partial charge in [-0.3, -0.25) is 4.79 Å². The third kappa shape index (κ3) is 6.13. The quantitative estimate of drug-likeness (QED) is 0.109. The van der Waals surface area contributed by atoms with Crippen molar-refractivity contribution in [1.29, 1.82) is 0 Å². The lowest BCUT2D eigenvalue weighted by molar-refractivity contribution is -0.115. The van der Waals surface area contributed by atoms with Crippen LogP contribution in [0.1, 0.15) is 16.8 Å². The van der Waals surface area contributed by atoms with Crippen LogP contribution in [0.2, 0.25) is 0 Å². The van der Waals surface area contributed by atoms with Crippen LogP contribution in [0.4, 0.5) is 4.39 Å². The number of ether oxygens (including phenoxy) is 4. The van der Waals surface area contributed by atoms with Gasteiger partial charge in [0.1, 0.15) is 5.82 Å². The number of benzene rings is 4. The third-order valence-corrected chi connectivity index (χ3v) is 7.81. The van der Waals surface area contributed by atoms with E-state index in [1.54, 1.807) is 42.5 Å². The number of rotatable bonds is 10. The second-order valence-corrected chi connectivity index (χ2v) is 10.7. The molecule has 9 nitrogen and oxygen atoms in total. The highest BCUT2D eigenvalue weighted by Gasteiger charge is 2.21. The zero-order valence-corrected chi connectivity index (χ0v) is 26.2. The van der Waals surface area contributed by atoms with E-state index in [9.17, 15) is 14.3 Å². The molecule has 1 amide bonds. The molecule has 6 rings (SSSR count). The lowest BCUT2D eigenvalue weighted by Crippen LogP contribution is -2.24. The Labute approximate surface area is 270 Å². The topological polar surface area (TPSA) is 115 Å². The van der Waals surface area contributed by atoms with E-state index in [1.165, 1.54) is 46.6 Å². The van der Waals surface area contributed by atoms with Crippen LogP contribution in [0.5, 0.6) is 28.7 Å². The zero-order chi connectivity index (χ0) is 33.1. The predicted octanol–water partition coefficient (Wildman–Crippen LogP) is 7.12. The van der Waals surface area contributed by atoms with Gasteiger partial charge in [0.25, 0.3) is 5.91 Å². The monoisotopic (exact) mass is 633 g/mol. The van der Waals surface area contributed by atoms with Crippen LogP contribution in [0.3, 0.4) is 0 Å². The van der Waals surface area contributed by atoms with E-state index in [0.717, 1.165) is 21.8 Å². The highest BCUT2D eigenvalue weighted by atomic mass is 19.1. The summed E-state index contributed by atoms with van der Waals surface area (Å²) < 4.78 is 36.1. The molecule has 238 valence electrons. The van der Waals surface area contributed by atoms with E-state index < -0.39 is 5.91 Å². The molecule has 0 fully saturated rings. The zero-order valence-electron chi connectivity index (χ0n) is 26.2. The van der Waals surface area contributed by atoms with Crippen molar-refractivity contribution in [2.45, 2.75) is 6.54 Å². The largest absolute Gasteiger partial charge is 0.504 e. The summed E-state index contributed by atoms with van der Waals surface area (Å²) >= 11 is 0. The summed E-state index contributed by atoms with van der Waals surface area (Å²) in [6, 6.07) is 24.2. The minimum Gasteiger partial charge on any atom is -0.504 e. The summed E-state index contributed by atoms with van der Waals surface area (Å²) in [7, 11) is 5.95. The fourth-order valence-corrected chi connectivity index (χ4v) is 5.58. The van der Waals surface area contributed by atoms with Gasteiger partial charge in [-0.25, -0.2) is 9.37 Å². The first-order chi connectivity index (χ1) is 22.8. The van der Waals surface area contributed by atoms with Crippen LogP contribution in [-0.4, -0.2) is 49.4 Å². The number of phenolic OH excluding ortho intramolecular Hbond substituents is 1. The molecule has 10 heteroatoms. The summed E-state index contributed by atoms with van der Waals surface area (Å²) in [5, 5.41) is 15.3. The number of amides is 1. The summed E-state index contributed by atoms with van der Waals surface area (Å²) in [5.74, 6) is 0.524. The highest BCUT2D eigenvalue weighted by Crippen LogP contribution is 2.41. The number of aromatic hydroxyl groups is 1. The molecule has 3 N–H and O–H groups in total. The average molecular weight is 634 g/mol. The van der Waals surface area contributed by atoms with E-state index in [1.807, 2.05) is 30.3 Å². The maximum atomic E-state index is 14.3. The van der Waals surface area contributed by atoms with Crippen molar-refractivity contribution in [2.24, 2.45) is 0 Å². The lowest BCUT2D eigenvalue weighted by Gasteiger charge is -2.16. The number of carbonyl (C=O) groups is 1. The predicted molar refractivity (Wildman–Crippen MR) is 179 cm³/mol. The van der Waals surface area contributed by atoms with E-state index in [2.05, 4.69) is 10.3 Å². The average Bonchev–Trinajstić information content (AvgIpc) is 3.47. The number of aromatic nitrogens is 2. The van der Waals surface area contributed by atoms with Gasteiger partial charge in [-0.15, -0.1) is 0 Å². The molecule has 47 heavy (non-hydrogen) atoms. The molecule has 0 spiro atoms. The van der Waals surface area contributed by atoms with Gasteiger partial charge < -0.3 is 34.4 Å². The summed E-state index contributed by atoms with van der Waals surface area (Å²) in [4.78, 5) is 22.3. The fraction of sp³-hybridized carbons (Fsp3) is 0.135. The van der Waals surface area contributed by atoms with Crippen LogP contribution in [0.25, 0.3) is 44.7 Å². The molecule has 0 saturated carbocycles. The lowest BCUT2D eigenvalue weighted by atomic mass is 10.00. The number of hydrogen-bond acceptors (Lipinski definition) is 7. The Morgan fingerprint density at radius 2 is 1.60 bits per heavy atom. The maximum Gasteiger partial charge on any atom is 0.252 e. The van der Waals surface area contributed by atoms with Crippen LogP contribution in [0.15, 0.2) is 84.9 Å². The number of methoxy groups -OCH3 is 4. The molecule has 2 heterocycles. The molecule has 4 aromatic carbocycles. The molecule has 0 aliphatic carbocycles. The first kappa shape index (κ1) is 31.0. The molecule has 0 radical (unpaired) electrons. The third-order valence-electron chi connectivity index (χ3n) is 7.81. The minimum atomic E-state index is -0.428. The molecule has 0 unspecified atom stereocenters. The van der Waals surface area contributed by atoms with Crippen LogP contribution in [-0.2, 0) is 11.3 Å². The number of fused-ring (bicyclic) bond motifs is 3. The second-order valence-electron chi connectivity index (χ2n) is 10.7. The van der Waals surface area contributed by atoms with Crippen molar-refractivity contribution in [3.8, 4) is 40.0 Å². The Hall–Kier alpha value is -6.03. The number of H-pyrrole nitrogens is 1. The Bertz CT molecular complexity index is 2130. The number of halogens is 1. The van der Waals surface area contributed by atoms with Crippen molar-refractivity contribution < 1.29 is 33.2 Å². The first-order valence-corrected chi connectivity index (χ1v) is 14.7. The van der Waals surface area contributed by atoms with Crippen molar-refractivity contribution in [1.82, 2.24) is 15.3 Å². The number of phenols is 1. The van der Waals surface area contributed by atoms with Crippen LogP contribution in [0, 0.1) is 5.82 Å². The SMILES string of the molecule is COc1ccc(/C=C(/C(=O)NCc2cc3c([nH]c4ccccc43)c(-c3cccc(F)c3)n2)c2cc(OC)c(OC)c(OC)c2)cc1O. The van der Waals surface area contributed by atoms with Crippen molar-refractivity contribution in [3.05, 3.63) is 108 Å². The van der Waals surface area contributed by atoms with Gasteiger partial charge in [0, 0.05) is 27.4 Å². The summed E-state index contributed by atoms with van der Waals surface area (Å²) in [6.07, 6.45) is 1.64. The molecule has 0 saturated heterocycles. The normalized spacial score (nSPS) is 11.5. The van der Waals surface area contributed by atoms with Gasteiger partial charge in [0.15, 0.2) is 23.0 Å². The number of nitrogens with zero attached hydrogens (tertiary/aromatic N) is 1. The number of aromatic amines is 1. The van der Waals surface area contributed by atoms with Gasteiger partial charge in [-0.05, 0) is 65.7 Å². The molecule has 6 aromatic rings. The van der Waals surface area contributed by atoms with Gasteiger partial charge in [-0.2, -0.15) is 0 Å². The number of hydrogen-bond donors (Lipinski definition) is 3. The van der Waals surface area contributed by atoms with Gasteiger partial charge in [0.05, 0.1) is 51.9 Å². The molecule has 0 bridgehead atoms. The van der Waals surface area contributed by atoms with E-state index in [0.29, 0.717) is 51.1 Å². The molecule has 0 aliphatic rings. The number of para-hydroxylation sites is 1. The Morgan fingerprint density at radius 1 is 0.851 bits per heavy atom. The van der Waals surface area contributed by atoms with Gasteiger partial charge >= 0.3 is 0 Å². The molecular weight excluding hydrogens is 601 g/mol. The van der Waals surface area contributed by atoms with Crippen LogP contribution >= 0.6 is 0 Å². The molecule has 2 aromatic heterocycles. The standard InChI is InChI=1S/C37H32FN3O6/c1-44-31-13-12-21(15-30(31)42)14-27(23-17-32(45-2)36(47-4)33(18-23)46-3)37(43)39-20-25-19-28-26-10-5-6-11-29(26)41-35(28)34(40-25)22-8-7-9-24(38)16-22/h5-19,41-42H,20H2,1-4H3,(H,39,43)/b27-14+. The minimum absolute atomic E-state index is 0.0617. The van der Waals surface area contributed by atoms with Gasteiger partial charge in [0.2, 0.25) is 5.75 Å². The molecule has 0 aliphatic heterocycles. The maximum absolute atomic E-state index is 14.3. The summed E-state index contributed by atoms with van der Waals surface area (Å²) in [6.45, 7) is 0.0617. The van der Waals surface area contributed by atoms with E-state index >= 15 is 0 Å². The Kier molecular flexibility index (Phi) is 8.66. The smallest absolute Gasteiger partial charge is 0.252 e. The summed E-state index contributed by atoms with van der Waals surface area (Å²) in [5.41, 5.74) is 4.71. The van der Waals surface area contributed by atoms with Crippen molar-refractivity contribution in [3.63, 3.8) is 0 Å². The molecule has 0 atom stereocenters.